The van der Waals surface area contributed by atoms with Crippen LogP contribution < -0.4 is 4.74 Å². The molecule has 0 radical (unpaired) electrons. The van der Waals surface area contributed by atoms with Crippen LogP contribution in [0.4, 0.5) is 0 Å². The van der Waals surface area contributed by atoms with E-state index in [2.05, 4.69) is 4.98 Å². The molecule has 4 rings (SSSR count). The number of aryl methyl sites for hydroxylation is 1. The van der Waals surface area contributed by atoms with Crippen molar-refractivity contribution >= 4 is 40.9 Å². The molecule has 1 aromatic heterocycles. The highest BCUT2D eigenvalue weighted by Gasteiger charge is 2.35. The molecule has 32 heavy (non-hydrogen) atoms. The minimum atomic E-state index is -1.08. The number of carbonyl (C=O) groups excluding carboxylic acids is 1. The smallest absolute Gasteiger partial charge is 0.341 e. The summed E-state index contributed by atoms with van der Waals surface area (Å²) in [5.74, 6) is -0.857. The van der Waals surface area contributed by atoms with E-state index in [1.807, 2.05) is 31.2 Å². The Morgan fingerprint density at radius 1 is 1.28 bits per heavy atom. The van der Waals surface area contributed by atoms with Crippen LogP contribution in [0.5, 0.6) is 5.75 Å². The molecule has 0 saturated heterocycles. The first-order valence-electron chi connectivity index (χ1n) is 10.0. The highest BCUT2D eigenvalue weighted by molar-refractivity contribution is 7.09. The summed E-state index contributed by atoms with van der Waals surface area (Å²) < 4.78 is 5.54. The maximum absolute atomic E-state index is 13.3. The molecule has 1 N–H and O–H groups in total. The molecule has 0 spiro atoms. The summed E-state index contributed by atoms with van der Waals surface area (Å²) in [5, 5.41) is 9.53. The van der Waals surface area contributed by atoms with Crippen molar-refractivity contribution in [2.45, 2.75) is 19.4 Å². The van der Waals surface area contributed by atoms with Crippen molar-refractivity contribution in [2.24, 2.45) is 0 Å². The van der Waals surface area contributed by atoms with Crippen LogP contribution >= 0.6 is 22.9 Å². The molecule has 0 saturated carbocycles. The Kier molecular flexibility index (Phi) is 6.58. The number of benzene rings is 2. The maximum atomic E-state index is 13.3. The molecule has 0 aliphatic carbocycles. The van der Waals surface area contributed by atoms with E-state index in [4.69, 9.17) is 21.4 Å². The minimum Gasteiger partial charge on any atom is -0.482 e. The zero-order valence-corrected chi connectivity index (χ0v) is 18.9. The first kappa shape index (κ1) is 22.0. The number of amides is 1. The number of carboxylic acid groups (broad SMARTS) is 1. The molecule has 2 heterocycles. The summed E-state index contributed by atoms with van der Waals surface area (Å²) in [6.07, 6.45) is 4.00. The van der Waals surface area contributed by atoms with Gasteiger partial charge in [0.05, 0.1) is 22.1 Å². The standard InChI is InChI=1S/C24H21ClN2O4S/c1-15-2-4-16(5-3-15)6-9-21(28)27-11-10-19-24(32-14-26-19)23(27)18-12-17(25)7-8-20(18)31-13-22(29)30/h2-9,12,14,23H,10-11,13H2,1H3,(H,29,30)/b9-6+. The van der Waals surface area contributed by atoms with Gasteiger partial charge in [-0.3, -0.25) is 4.79 Å². The SMILES string of the molecule is Cc1ccc(/C=C/C(=O)N2CCc3ncsc3C2c2cc(Cl)ccc2OCC(=O)O)cc1. The average molecular weight is 469 g/mol. The number of aromatic nitrogens is 1. The van der Waals surface area contributed by atoms with E-state index in [9.17, 15) is 9.59 Å². The second kappa shape index (κ2) is 9.54. The van der Waals surface area contributed by atoms with Gasteiger partial charge in [0.25, 0.3) is 0 Å². The fraction of sp³-hybridized carbons (Fsp3) is 0.208. The van der Waals surface area contributed by atoms with Crippen LogP contribution in [0, 0.1) is 6.92 Å². The topological polar surface area (TPSA) is 79.7 Å². The monoisotopic (exact) mass is 468 g/mol. The van der Waals surface area contributed by atoms with Crippen LogP contribution in [0.1, 0.15) is 33.3 Å². The number of aliphatic carboxylic acids is 1. The number of nitrogens with zero attached hydrogens (tertiary/aromatic N) is 2. The lowest BCUT2D eigenvalue weighted by Crippen LogP contribution is -2.39. The Morgan fingerprint density at radius 3 is 2.81 bits per heavy atom. The average Bonchev–Trinajstić information content (AvgIpc) is 3.26. The Morgan fingerprint density at radius 2 is 2.06 bits per heavy atom. The van der Waals surface area contributed by atoms with E-state index in [0.29, 0.717) is 29.3 Å². The first-order valence-corrected chi connectivity index (χ1v) is 11.3. The molecule has 1 aliphatic rings. The van der Waals surface area contributed by atoms with Gasteiger partial charge in [0, 0.05) is 29.6 Å². The number of hydrogen-bond acceptors (Lipinski definition) is 5. The third-order valence-corrected chi connectivity index (χ3v) is 6.38. The third-order valence-electron chi connectivity index (χ3n) is 5.22. The summed E-state index contributed by atoms with van der Waals surface area (Å²) in [5.41, 5.74) is 5.41. The molecule has 6 nitrogen and oxygen atoms in total. The van der Waals surface area contributed by atoms with E-state index in [1.54, 1.807) is 40.8 Å². The fourth-order valence-electron chi connectivity index (χ4n) is 3.68. The number of rotatable bonds is 6. The predicted octanol–water partition coefficient (Wildman–Crippen LogP) is 4.76. The zero-order chi connectivity index (χ0) is 22.7. The number of ether oxygens (including phenoxy) is 1. The Labute approximate surface area is 194 Å². The first-order chi connectivity index (χ1) is 15.4. The van der Waals surface area contributed by atoms with Crippen LogP contribution in [0.2, 0.25) is 5.02 Å². The maximum Gasteiger partial charge on any atom is 0.341 e. The molecular formula is C24H21ClN2O4S. The third kappa shape index (κ3) is 4.84. The normalized spacial score (nSPS) is 15.6. The van der Waals surface area contributed by atoms with Crippen molar-refractivity contribution in [1.82, 2.24) is 9.88 Å². The lowest BCUT2D eigenvalue weighted by atomic mass is 9.96. The van der Waals surface area contributed by atoms with Crippen molar-refractivity contribution in [3.05, 3.63) is 86.3 Å². The highest BCUT2D eigenvalue weighted by atomic mass is 35.5. The molecule has 1 unspecified atom stereocenters. The molecule has 0 fully saturated rings. The van der Waals surface area contributed by atoms with E-state index < -0.39 is 18.6 Å². The molecule has 164 valence electrons. The van der Waals surface area contributed by atoms with Gasteiger partial charge in [0.1, 0.15) is 5.75 Å². The predicted molar refractivity (Wildman–Crippen MR) is 124 cm³/mol. The van der Waals surface area contributed by atoms with Crippen LogP contribution in [0.15, 0.2) is 54.1 Å². The summed E-state index contributed by atoms with van der Waals surface area (Å²) in [6.45, 7) is 2.00. The van der Waals surface area contributed by atoms with Gasteiger partial charge in [0.2, 0.25) is 5.91 Å². The van der Waals surface area contributed by atoms with Gasteiger partial charge < -0.3 is 14.7 Å². The fourth-order valence-corrected chi connectivity index (χ4v) is 4.82. The van der Waals surface area contributed by atoms with Crippen LogP contribution in [-0.2, 0) is 16.0 Å². The summed E-state index contributed by atoms with van der Waals surface area (Å²) in [6, 6.07) is 12.4. The molecule has 2 aromatic carbocycles. The lowest BCUT2D eigenvalue weighted by Gasteiger charge is -2.35. The van der Waals surface area contributed by atoms with Crippen molar-refractivity contribution in [3.8, 4) is 5.75 Å². The van der Waals surface area contributed by atoms with Gasteiger partial charge in [0.15, 0.2) is 6.61 Å². The van der Waals surface area contributed by atoms with Crippen molar-refractivity contribution in [3.63, 3.8) is 0 Å². The van der Waals surface area contributed by atoms with Gasteiger partial charge in [-0.15, -0.1) is 11.3 Å². The van der Waals surface area contributed by atoms with E-state index in [0.717, 1.165) is 21.7 Å². The van der Waals surface area contributed by atoms with Gasteiger partial charge in [-0.2, -0.15) is 0 Å². The minimum absolute atomic E-state index is 0.154. The molecule has 1 aliphatic heterocycles. The van der Waals surface area contributed by atoms with Crippen molar-refractivity contribution in [1.29, 1.82) is 0 Å². The summed E-state index contributed by atoms with van der Waals surface area (Å²) in [4.78, 5) is 31.5. The zero-order valence-electron chi connectivity index (χ0n) is 17.3. The Hall–Kier alpha value is -3.16. The number of carboxylic acids is 1. The molecule has 1 atom stereocenters. The second-order valence-electron chi connectivity index (χ2n) is 7.46. The Balaban J connectivity index is 1.71. The second-order valence-corrected chi connectivity index (χ2v) is 8.78. The number of thiazole rings is 1. The highest BCUT2D eigenvalue weighted by Crippen LogP contribution is 2.42. The summed E-state index contributed by atoms with van der Waals surface area (Å²) in [7, 11) is 0. The Bertz CT molecular complexity index is 1170. The van der Waals surface area contributed by atoms with Crippen molar-refractivity contribution in [2.75, 3.05) is 13.2 Å². The van der Waals surface area contributed by atoms with Crippen molar-refractivity contribution < 1.29 is 19.4 Å². The van der Waals surface area contributed by atoms with E-state index >= 15 is 0 Å². The molecule has 0 bridgehead atoms. The number of hydrogen-bond donors (Lipinski definition) is 1. The quantitative estimate of drug-likeness (QED) is 0.528. The van der Waals surface area contributed by atoms with Gasteiger partial charge in [-0.25, -0.2) is 9.78 Å². The molecular weight excluding hydrogens is 448 g/mol. The number of carbonyl (C=O) groups is 2. The molecule has 8 heteroatoms. The van der Waals surface area contributed by atoms with Gasteiger partial charge in [-0.1, -0.05) is 41.4 Å². The van der Waals surface area contributed by atoms with E-state index in [1.165, 1.54) is 11.3 Å². The van der Waals surface area contributed by atoms with Gasteiger partial charge >= 0.3 is 5.97 Å². The lowest BCUT2D eigenvalue weighted by molar-refractivity contribution is -0.139. The van der Waals surface area contributed by atoms with Crippen LogP contribution in [0.3, 0.4) is 0 Å². The number of fused-ring (bicyclic) bond motifs is 1. The van der Waals surface area contributed by atoms with E-state index in [-0.39, 0.29) is 5.91 Å². The van der Waals surface area contributed by atoms with Crippen LogP contribution in [-0.4, -0.2) is 40.0 Å². The molecule has 1 amide bonds. The van der Waals surface area contributed by atoms with Gasteiger partial charge in [-0.05, 0) is 36.8 Å². The van der Waals surface area contributed by atoms with Crippen LogP contribution in [0.25, 0.3) is 6.08 Å². The largest absolute Gasteiger partial charge is 0.482 e. The number of halogens is 1. The molecule has 3 aromatic rings. The summed E-state index contributed by atoms with van der Waals surface area (Å²) >= 11 is 7.74.